The fourth-order valence-electron chi connectivity index (χ4n) is 3.76. The predicted molar refractivity (Wildman–Crippen MR) is 130 cm³/mol. The predicted octanol–water partition coefficient (Wildman–Crippen LogP) is 6.98. The molecule has 0 radical (unpaired) electrons. The lowest BCUT2D eigenvalue weighted by Gasteiger charge is -2.13. The molecular weight excluding hydrogens is 468 g/mol. The number of benzene rings is 4. The van der Waals surface area contributed by atoms with E-state index in [1.165, 1.54) is 0 Å². The molecule has 6 heteroatoms. The SMILES string of the molecule is COc1c(C(=O)Nc2ccc3oc(-c4cccc(C)c4)nc3c2)cc2ccccc2c1Br. The van der Waals surface area contributed by atoms with Gasteiger partial charge in [0.05, 0.1) is 17.1 Å². The van der Waals surface area contributed by atoms with Crippen LogP contribution in [0.25, 0.3) is 33.3 Å². The second kappa shape index (κ2) is 8.13. The molecule has 4 aromatic carbocycles. The molecule has 0 aliphatic carbocycles. The summed E-state index contributed by atoms with van der Waals surface area (Å²) in [4.78, 5) is 17.7. The van der Waals surface area contributed by atoms with Crippen molar-refractivity contribution in [2.24, 2.45) is 0 Å². The highest BCUT2D eigenvalue weighted by Gasteiger charge is 2.19. The molecule has 0 aliphatic heterocycles. The van der Waals surface area contributed by atoms with Crippen LogP contribution in [0, 0.1) is 6.92 Å². The molecule has 5 nitrogen and oxygen atoms in total. The van der Waals surface area contributed by atoms with Gasteiger partial charge < -0.3 is 14.5 Å². The Balaban J connectivity index is 1.49. The molecule has 1 aromatic heterocycles. The molecular formula is C26H19BrN2O3. The van der Waals surface area contributed by atoms with Crippen LogP contribution in [0.3, 0.4) is 0 Å². The topological polar surface area (TPSA) is 64.4 Å². The second-order valence-corrected chi connectivity index (χ2v) is 8.31. The molecule has 32 heavy (non-hydrogen) atoms. The fourth-order valence-corrected chi connectivity index (χ4v) is 4.49. The highest BCUT2D eigenvalue weighted by Crippen LogP contribution is 2.37. The molecule has 0 aliphatic rings. The molecule has 1 amide bonds. The first-order chi connectivity index (χ1) is 15.5. The Morgan fingerprint density at radius 2 is 1.88 bits per heavy atom. The number of aryl methyl sites for hydroxylation is 1. The normalized spacial score (nSPS) is 11.1. The Bertz CT molecular complexity index is 1490. The number of aromatic nitrogens is 1. The summed E-state index contributed by atoms with van der Waals surface area (Å²) in [6.07, 6.45) is 0. The van der Waals surface area contributed by atoms with Crippen molar-refractivity contribution in [2.45, 2.75) is 6.92 Å². The van der Waals surface area contributed by atoms with Gasteiger partial charge in [-0.05, 0) is 70.0 Å². The average Bonchev–Trinajstić information content (AvgIpc) is 3.22. The summed E-state index contributed by atoms with van der Waals surface area (Å²) < 4.78 is 12.2. The number of hydrogen-bond donors (Lipinski definition) is 1. The lowest BCUT2D eigenvalue weighted by Crippen LogP contribution is -2.13. The zero-order chi connectivity index (χ0) is 22.2. The summed E-state index contributed by atoms with van der Waals surface area (Å²) in [7, 11) is 1.56. The molecule has 1 heterocycles. The summed E-state index contributed by atoms with van der Waals surface area (Å²) >= 11 is 3.58. The van der Waals surface area contributed by atoms with Gasteiger partial charge in [0.15, 0.2) is 5.58 Å². The van der Waals surface area contributed by atoms with Crippen LogP contribution in [-0.2, 0) is 0 Å². The Kier molecular flexibility index (Phi) is 5.15. The number of halogens is 1. The molecule has 158 valence electrons. The van der Waals surface area contributed by atoms with Gasteiger partial charge in [-0.15, -0.1) is 0 Å². The standard InChI is InChI=1S/C26H19BrN2O3/c1-15-6-5-8-17(12-15)26-29-21-14-18(10-11-22(21)32-26)28-25(30)20-13-16-7-3-4-9-19(16)23(27)24(20)31-2/h3-14H,1-2H3,(H,28,30). The minimum absolute atomic E-state index is 0.268. The Morgan fingerprint density at radius 3 is 2.69 bits per heavy atom. The molecule has 0 saturated heterocycles. The van der Waals surface area contributed by atoms with E-state index in [9.17, 15) is 4.79 Å². The van der Waals surface area contributed by atoms with E-state index in [4.69, 9.17) is 9.15 Å². The highest BCUT2D eigenvalue weighted by molar-refractivity contribution is 9.10. The van der Waals surface area contributed by atoms with Crippen LogP contribution in [0.1, 0.15) is 15.9 Å². The van der Waals surface area contributed by atoms with Crippen molar-refractivity contribution in [1.29, 1.82) is 0 Å². The first-order valence-corrected chi connectivity index (χ1v) is 10.9. The van der Waals surface area contributed by atoms with E-state index < -0.39 is 0 Å². The van der Waals surface area contributed by atoms with E-state index >= 15 is 0 Å². The summed E-state index contributed by atoms with van der Waals surface area (Å²) in [6, 6.07) is 23.1. The zero-order valence-corrected chi connectivity index (χ0v) is 19.1. The van der Waals surface area contributed by atoms with Crippen LogP contribution >= 0.6 is 15.9 Å². The minimum Gasteiger partial charge on any atom is -0.495 e. The third-order valence-electron chi connectivity index (χ3n) is 5.30. The van der Waals surface area contributed by atoms with Crippen molar-refractivity contribution in [3.05, 3.63) is 88.4 Å². The number of nitrogens with zero attached hydrogens (tertiary/aromatic N) is 1. The number of ether oxygens (including phenoxy) is 1. The van der Waals surface area contributed by atoms with E-state index in [0.29, 0.717) is 34.0 Å². The molecule has 0 spiro atoms. The number of amides is 1. The number of hydrogen-bond acceptors (Lipinski definition) is 4. The fraction of sp³-hybridized carbons (Fsp3) is 0.0769. The summed E-state index contributed by atoms with van der Waals surface area (Å²) in [5.41, 5.74) is 4.44. The van der Waals surface area contributed by atoms with Gasteiger partial charge in [0, 0.05) is 11.3 Å². The van der Waals surface area contributed by atoms with Gasteiger partial charge in [-0.25, -0.2) is 4.98 Å². The Labute approximate surface area is 193 Å². The van der Waals surface area contributed by atoms with Crippen molar-refractivity contribution in [3.63, 3.8) is 0 Å². The maximum Gasteiger partial charge on any atom is 0.259 e. The van der Waals surface area contributed by atoms with Crippen LogP contribution in [0.4, 0.5) is 5.69 Å². The van der Waals surface area contributed by atoms with Gasteiger partial charge in [-0.3, -0.25) is 4.79 Å². The van der Waals surface area contributed by atoms with E-state index in [1.54, 1.807) is 19.2 Å². The molecule has 0 bridgehead atoms. The molecule has 0 atom stereocenters. The third-order valence-corrected chi connectivity index (χ3v) is 6.09. The molecule has 0 unspecified atom stereocenters. The van der Waals surface area contributed by atoms with Crippen molar-refractivity contribution >= 4 is 49.4 Å². The molecule has 0 saturated carbocycles. The second-order valence-electron chi connectivity index (χ2n) is 7.52. The van der Waals surface area contributed by atoms with Crippen LogP contribution in [0.5, 0.6) is 5.75 Å². The lowest BCUT2D eigenvalue weighted by molar-refractivity contribution is 0.102. The monoisotopic (exact) mass is 486 g/mol. The van der Waals surface area contributed by atoms with E-state index in [2.05, 4.69) is 26.2 Å². The van der Waals surface area contributed by atoms with Crippen LogP contribution in [-0.4, -0.2) is 18.0 Å². The molecule has 5 rings (SSSR count). The number of carbonyl (C=O) groups excluding carboxylic acids is 1. The van der Waals surface area contributed by atoms with Gasteiger partial charge >= 0.3 is 0 Å². The lowest BCUT2D eigenvalue weighted by atomic mass is 10.1. The number of oxazole rings is 1. The number of anilines is 1. The number of nitrogens with one attached hydrogen (secondary N) is 1. The number of methoxy groups -OCH3 is 1. The Hall–Kier alpha value is -3.64. The summed E-state index contributed by atoms with van der Waals surface area (Å²) in [5, 5.41) is 4.88. The quantitative estimate of drug-likeness (QED) is 0.297. The van der Waals surface area contributed by atoms with Gasteiger partial charge in [0.1, 0.15) is 11.3 Å². The maximum atomic E-state index is 13.1. The van der Waals surface area contributed by atoms with Crippen molar-refractivity contribution < 1.29 is 13.9 Å². The number of fused-ring (bicyclic) bond motifs is 2. The Morgan fingerprint density at radius 1 is 1.03 bits per heavy atom. The maximum absolute atomic E-state index is 13.1. The smallest absolute Gasteiger partial charge is 0.259 e. The van der Waals surface area contributed by atoms with Crippen LogP contribution in [0.15, 0.2) is 81.7 Å². The van der Waals surface area contributed by atoms with Gasteiger partial charge in [-0.1, -0.05) is 42.0 Å². The van der Waals surface area contributed by atoms with Crippen molar-refractivity contribution in [2.75, 3.05) is 12.4 Å². The number of carbonyl (C=O) groups is 1. The van der Waals surface area contributed by atoms with Gasteiger partial charge in [0.25, 0.3) is 5.91 Å². The van der Waals surface area contributed by atoms with Gasteiger partial charge in [0.2, 0.25) is 5.89 Å². The zero-order valence-electron chi connectivity index (χ0n) is 17.5. The minimum atomic E-state index is -0.268. The van der Waals surface area contributed by atoms with Crippen LogP contribution in [0.2, 0.25) is 0 Å². The first-order valence-electron chi connectivity index (χ1n) is 10.1. The van der Waals surface area contributed by atoms with Crippen LogP contribution < -0.4 is 10.1 Å². The van der Waals surface area contributed by atoms with E-state index in [-0.39, 0.29) is 5.91 Å². The van der Waals surface area contributed by atoms with E-state index in [0.717, 1.165) is 26.4 Å². The summed E-state index contributed by atoms with van der Waals surface area (Å²) in [5.74, 6) is 0.771. The molecule has 0 fully saturated rings. The first kappa shape index (κ1) is 20.3. The average molecular weight is 487 g/mol. The number of rotatable bonds is 4. The van der Waals surface area contributed by atoms with Crippen molar-refractivity contribution in [3.8, 4) is 17.2 Å². The third kappa shape index (κ3) is 3.63. The van der Waals surface area contributed by atoms with Gasteiger partial charge in [-0.2, -0.15) is 0 Å². The molecule has 5 aromatic rings. The largest absolute Gasteiger partial charge is 0.495 e. The van der Waals surface area contributed by atoms with Crippen molar-refractivity contribution in [1.82, 2.24) is 4.98 Å². The highest BCUT2D eigenvalue weighted by atomic mass is 79.9. The molecule has 1 N–H and O–H groups in total. The summed E-state index contributed by atoms with van der Waals surface area (Å²) in [6.45, 7) is 2.03. The van der Waals surface area contributed by atoms with E-state index in [1.807, 2.05) is 67.6 Å².